The molecule has 0 spiro atoms. The van der Waals surface area contributed by atoms with E-state index in [1.54, 1.807) is 0 Å². The number of nitrogen functional groups attached to an aromatic ring is 1. The summed E-state index contributed by atoms with van der Waals surface area (Å²) in [7, 11) is 0. The molecule has 2 aromatic rings. The Bertz CT molecular complexity index is 559. The van der Waals surface area contributed by atoms with Gasteiger partial charge in [0.1, 0.15) is 12.0 Å². The van der Waals surface area contributed by atoms with Crippen LogP contribution in [0.4, 0.5) is 11.5 Å². The number of benzene rings is 1. The summed E-state index contributed by atoms with van der Waals surface area (Å²) >= 11 is 0. The number of rotatable bonds is 7. The maximum atomic E-state index is 6.08. The molecule has 0 aliphatic carbocycles. The molecule has 1 heterocycles. The molecule has 3 N–H and O–H groups in total. The Labute approximate surface area is 125 Å². The first-order chi connectivity index (χ1) is 10.2. The fourth-order valence-corrected chi connectivity index (χ4v) is 1.95. The molecule has 0 saturated heterocycles. The van der Waals surface area contributed by atoms with Crippen molar-refractivity contribution in [2.75, 3.05) is 17.7 Å². The minimum absolute atomic E-state index is 0.104. The lowest BCUT2D eigenvalue weighted by atomic mass is 10.1. The molecule has 0 saturated carbocycles. The Morgan fingerprint density at radius 2 is 2.00 bits per heavy atom. The van der Waals surface area contributed by atoms with Gasteiger partial charge in [-0.15, -0.1) is 0 Å². The van der Waals surface area contributed by atoms with Gasteiger partial charge in [0.15, 0.2) is 5.82 Å². The van der Waals surface area contributed by atoms with Crippen molar-refractivity contribution < 1.29 is 4.74 Å². The molecule has 0 bridgehead atoms. The highest BCUT2D eigenvalue weighted by Crippen LogP contribution is 2.27. The predicted molar refractivity (Wildman–Crippen MR) is 85.3 cm³/mol. The maximum Gasteiger partial charge on any atom is 0.242 e. The molecule has 0 aliphatic rings. The van der Waals surface area contributed by atoms with Crippen molar-refractivity contribution in [3.05, 3.63) is 42.2 Å². The van der Waals surface area contributed by atoms with Crippen LogP contribution in [0.2, 0.25) is 0 Å². The van der Waals surface area contributed by atoms with Gasteiger partial charge in [-0.3, -0.25) is 0 Å². The molecule has 21 heavy (non-hydrogen) atoms. The molecule has 0 aliphatic heterocycles. The van der Waals surface area contributed by atoms with E-state index < -0.39 is 0 Å². The minimum atomic E-state index is 0.104. The highest BCUT2D eigenvalue weighted by molar-refractivity contribution is 5.66. The summed E-state index contributed by atoms with van der Waals surface area (Å²) in [6.45, 7) is 4.79. The van der Waals surface area contributed by atoms with Crippen LogP contribution in [0, 0.1) is 0 Å². The Morgan fingerprint density at radius 3 is 2.71 bits per heavy atom. The van der Waals surface area contributed by atoms with Crippen LogP contribution in [0.5, 0.6) is 5.88 Å². The number of anilines is 2. The second kappa shape index (κ2) is 7.47. The monoisotopic (exact) mass is 286 g/mol. The van der Waals surface area contributed by atoms with E-state index in [9.17, 15) is 0 Å². The zero-order chi connectivity index (χ0) is 15.1. The fraction of sp³-hybridized carbons (Fsp3) is 0.375. The Morgan fingerprint density at radius 1 is 1.24 bits per heavy atom. The van der Waals surface area contributed by atoms with Gasteiger partial charge in [0, 0.05) is 0 Å². The smallest absolute Gasteiger partial charge is 0.242 e. The lowest BCUT2D eigenvalue weighted by Crippen LogP contribution is -2.11. The van der Waals surface area contributed by atoms with Crippen LogP contribution in [0.15, 0.2) is 36.7 Å². The molecule has 2 rings (SSSR count). The van der Waals surface area contributed by atoms with Crippen molar-refractivity contribution in [2.45, 2.75) is 32.7 Å². The highest BCUT2D eigenvalue weighted by atomic mass is 16.5. The van der Waals surface area contributed by atoms with E-state index in [0.29, 0.717) is 24.0 Å². The van der Waals surface area contributed by atoms with E-state index in [1.165, 1.54) is 11.9 Å². The first kappa shape index (κ1) is 15.1. The fourth-order valence-electron chi connectivity index (χ4n) is 1.95. The van der Waals surface area contributed by atoms with Crippen molar-refractivity contribution in [3.8, 4) is 5.88 Å². The summed E-state index contributed by atoms with van der Waals surface area (Å²) in [6, 6.07) is 10.2. The van der Waals surface area contributed by atoms with Gasteiger partial charge in [0.25, 0.3) is 0 Å². The summed E-state index contributed by atoms with van der Waals surface area (Å²) in [4.78, 5) is 8.30. The average molecular weight is 286 g/mol. The molecule has 1 atom stereocenters. The molecule has 1 unspecified atom stereocenters. The number of nitrogens with zero attached hydrogens (tertiary/aromatic N) is 2. The van der Waals surface area contributed by atoms with E-state index in [4.69, 9.17) is 10.5 Å². The second-order valence-corrected chi connectivity index (χ2v) is 4.92. The quantitative estimate of drug-likeness (QED) is 0.763. The zero-order valence-corrected chi connectivity index (χ0v) is 12.5. The predicted octanol–water partition coefficient (Wildman–Crippen LogP) is 3.41. The number of nitrogens with two attached hydrogens (primary N) is 1. The number of hydrogen-bond donors (Lipinski definition) is 2. The number of aromatic nitrogens is 2. The highest BCUT2D eigenvalue weighted by Gasteiger charge is 2.12. The van der Waals surface area contributed by atoms with Crippen LogP contribution in [-0.4, -0.2) is 16.6 Å². The molecule has 0 fully saturated rings. The summed E-state index contributed by atoms with van der Waals surface area (Å²) < 4.78 is 5.59. The van der Waals surface area contributed by atoms with Gasteiger partial charge in [-0.05, 0) is 18.9 Å². The van der Waals surface area contributed by atoms with Crippen molar-refractivity contribution in [2.24, 2.45) is 0 Å². The van der Waals surface area contributed by atoms with Crippen LogP contribution in [0.1, 0.15) is 38.3 Å². The number of hydrogen-bond acceptors (Lipinski definition) is 5. The van der Waals surface area contributed by atoms with Crippen molar-refractivity contribution in [1.29, 1.82) is 0 Å². The number of nitrogens with one attached hydrogen (secondary N) is 1. The molecule has 1 aromatic carbocycles. The molecular weight excluding hydrogens is 264 g/mol. The third-order valence-corrected chi connectivity index (χ3v) is 3.24. The summed E-state index contributed by atoms with van der Waals surface area (Å²) in [6.07, 6.45) is 3.52. The van der Waals surface area contributed by atoms with E-state index in [-0.39, 0.29) is 6.04 Å². The van der Waals surface area contributed by atoms with Gasteiger partial charge in [-0.1, -0.05) is 43.7 Å². The van der Waals surface area contributed by atoms with Crippen LogP contribution in [-0.2, 0) is 0 Å². The first-order valence-electron chi connectivity index (χ1n) is 7.27. The minimum Gasteiger partial charge on any atom is -0.476 e. The van der Waals surface area contributed by atoms with Crippen LogP contribution < -0.4 is 15.8 Å². The van der Waals surface area contributed by atoms with Gasteiger partial charge < -0.3 is 15.8 Å². The third-order valence-electron chi connectivity index (χ3n) is 3.24. The maximum absolute atomic E-state index is 6.08. The van der Waals surface area contributed by atoms with Crippen LogP contribution in [0.3, 0.4) is 0 Å². The molecule has 1 aromatic heterocycles. The zero-order valence-electron chi connectivity index (χ0n) is 12.5. The average Bonchev–Trinajstić information content (AvgIpc) is 2.52. The molecule has 0 radical (unpaired) electrons. The SMILES string of the molecule is CCCCOc1ncnc(NC(C)c2ccccc2)c1N. The summed E-state index contributed by atoms with van der Waals surface area (Å²) in [5, 5.41) is 3.30. The molecule has 112 valence electrons. The van der Waals surface area contributed by atoms with Gasteiger partial charge >= 0.3 is 0 Å². The molecular formula is C16H22N4O. The molecule has 0 amide bonds. The third kappa shape index (κ3) is 4.08. The number of ether oxygens (including phenoxy) is 1. The van der Waals surface area contributed by atoms with Gasteiger partial charge in [0.2, 0.25) is 5.88 Å². The van der Waals surface area contributed by atoms with E-state index in [2.05, 4.69) is 41.3 Å². The van der Waals surface area contributed by atoms with Crippen molar-refractivity contribution in [1.82, 2.24) is 9.97 Å². The lowest BCUT2D eigenvalue weighted by Gasteiger charge is -2.17. The van der Waals surface area contributed by atoms with Crippen LogP contribution in [0.25, 0.3) is 0 Å². The van der Waals surface area contributed by atoms with E-state index in [1.807, 2.05) is 18.2 Å². The van der Waals surface area contributed by atoms with Gasteiger partial charge in [-0.2, -0.15) is 4.98 Å². The Kier molecular flexibility index (Phi) is 5.37. The first-order valence-corrected chi connectivity index (χ1v) is 7.27. The number of unbranched alkanes of at least 4 members (excludes halogenated alkanes) is 1. The van der Waals surface area contributed by atoms with E-state index in [0.717, 1.165) is 12.8 Å². The van der Waals surface area contributed by atoms with Gasteiger partial charge in [-0.25, -0.2) is 4.98 Å². The Balaban J connectivity index is 2.08. The largest absolute Gasteiger partial charge is 0.476 e. The lowest BCUT2D eigenvalue weighted by molar-refractivity contribution is 0.299. The normalized spacial score (nSPS) is 11.9. The van der Waals surface area contributed by atoms with E-state index >= 15 is 0 Å². The standard InChI is InChI=1S/C16H22N4O/c1-3-4-10-21-16-14(17)15(18-11-19-16)20-12(2)13-8-6-5-7-9-13/h5-9,11-12H,3-4,10,17H2,1-2H3,(H,18,19,20). The summed E-state index contributed by atoms with van der Waals surface area (Å²) in [5.41, 5.74) is 7.70. The second-order valence-electron chi connectivity index (χ2n) is 4.92. The van der Waals surface area contributed by atoms with Gasteiger partial charge in [0.05, 0.1) is 12.6 Å². The molecule has 5 heteroatoms. The van der Waals surface area contributed by atoms with Crippen molar-refractivity contribution in [3.63, 3.8) is 0 Å². The van der Waals surface area contributed by atoms with Crippen molar-refractivity contribution >= 4 is 11.5 Å². The topological polar surface area (TPSA) is 73.1 Å². The molecule has 5 nitrogen and oxygen atoms in total. The summed E-state index contributed by atoms with van der Waals surface area (Å²) in [5.74, 6) is 1.05. The Hall–Kier alpha value is -2.30. The van der Waals surface area contributed by atoms with Crippen LogP contribution >= 0.6 is 0 Å².